The molecule has 3 rings (SSSR count). The van der Waals surface area contributed by atoms with E-state index in [9.17, 15) is 0 Å². The second-order valence-electron chi connectivity index (χ2n) is 4.75. The Morgan fingerprint density at radius 2 is 2.38 bits per heavy atom. The number of rotatable bonds is 1. The van der Waals surface area contributed by atoms with Crippen molar-refractivity contribution in [3.05, 3.63) is 0 Å². The Hall–Kier alpha value is 0.270. The Bertz CT molecular complexity index is 223. The van der Waals surface area contributed by atoms with Crippen molar-refractivity contribution in [1.29, 1.82) is 0 Å². The zero-order valence-electron chi connectivity index (χ0n) is 7.91. The van der Waals surface area contributed by atoms with E-state index in [1.165, 1.54) is 25.8 Å². The molecule has 0 spiro atoms. The zero-order valence-corrected chi connectivity index (χ0v) is 8.80. The standard InChI is InChI=1S/C10H17NOS/c13-7-10-2-1-3-11(10)9-6-12-5-8(9)4-10/h8-9,13H,1-7H2/t8-,9+,10+/m1/s1. The van der Waals surface area contributed by atoms with Gasteiger partial charge in [0.05, 0.1) is 13.2 Å². The summed E-state index contributed by atoms with van der Waals surface area (Å²) in [5.41, 5.74) is 0.461. The van der Waals surface area contributed by atoms with Crippen LogP contribution in [0.2, 0.25) is 0 Å². The third kappa shape index (κ3) is 1.04. The fraction of sp³-hybridized carbons (Fsp3) is 1.00. The molecule has 3 atom stereocenters. The van der Waals surface area contributed by atoms with Crippen molar-refractivity contribution in [2.24, 2.45) is 5.92 Å². The molecule has 0 amide bonds. The molecule has 13 heavy (non-hydrogen) atoms. The van der Waals surface area contributed by atoms with Crippen LogP contribution in [0, 0.1) is 5.92 Å². The van der Waals surface area contributed by atoms with E-state index in [2.05, 4.69) is 17.5 Å². The molecular weight excluding hydrogens is 182 g/mol. The van der Waals surface area contributed by atoms with Crippen molar-refractivity contribution >= 4 is 12.6 Å². The summed E-state index contributed by atoms with van der Waals surface area (Å²) in [6.45, 7) is 3.25. The molecule has 0 aliphatic carbocycles. The first-order valence-electron chi connectivity index (χ1n) is 5.31. The monoisotopic (exact) mass is 199 g/mol. The molecular formula is C10H17NOS. The van der Waals surface area contributed by atoms with Gasteiger partial charge in [0.25, 0.3) is 0 Å². The lowest BCUT2D eigenvalue weighted by Crippen LogP contribution is -2.44. The highest BCUT2D eigenvalue weighted by atomic mass is 32.1. The molecule has 74 valence electrons. The quantitative estimate of drug-likeness (QED) is 0.636. The van der Waals surface area contributed by atoms with Crippen LogP contribution in [0.3, 0.4) is 0 Å². The Labute approximate surface area is 85.0 Å². The molecule has 3 fully saturated rings. The Morgan fingerprint density at radius 3 is 3.23 bits per heavy atom. The molecule has 0 aromatic heterocycles. The highest BCUT2D eigenvalue weighted by Crippen LogP contribution is 2.47. The fourth-order valence-electron chi connectivity index (χ4n) is 3.55. The van der Waals surface area contributed by atoms with Crippen LogP contribution in [-0.2, 0) is 4.74 Å². The van der Waals surface area contributed by atoms with Crippen LogP contribution in [0.15, 0.2) is 0 Å². The second kappa shape index (κ2) is 2.88. The lowest BCUT2D eigenvalue weighted by atomic mass is 9.91. The molecule has 3 aliphatic heterocycles. The maximum Gasteiger partial charge on any atom is 0.0625 e. The second-order valence-corrected chi connectivity index (χ2v) is 5.06. The van der Waals surface area contributed by atoms with E-state index in [1.807, 2.05) is 0 Å². The fourth-order valence-corrected chi connectivity index (χ4v) is 4.01. The summed E-state index contributed by atoms with van der Waals surface area (Å²) in [4.78, 5) is 2.69. The number of nitrogens with zero attached hydrogens (tertiary/aromatic N) is 1. The van der Waals surface area contributed by atoms with Crippen molar-refractivity contribution in [1.82, 2.24) is 4.90 Å². The molecule has 0 aromatic rings. The molecule has 3 heteroatoms. The summed E-state index contributed by atoms with van der Waals surface area (Å²) in [5.74, 6) is 1.85. The summed E-state index contributed by atoms with van der Waals surface area (Å²) in [6, 6.07) is 0.731. The van der Waals surface area contributed by atoms with Gasteiger partial charge < -0.3 is 4.74 Å². The van der Waals surface area contributed by atoms with E-state index >= 15 is 0 Å². The number of ether oxygens (including phenoxy) is 1. The Balaban J connectivity index is 1.89. The lowest BCUT2D eigenvalue weighted by molar-refractivity contribution is 0.108. The van der Waals surface area contributed by atoms with Crippen molar-refractivity contribution in [3.63, 3.8) is 0 Å². The van der Waals surface area contributed by atoms with Crippen LogP contribution >= 0.6 is 12.6 Å². The lowest BCUT2D eigenvalue weighted by Gasteiger charge is -2.33. The maximum atomic E-state index is 5.54. The molecule has 0 aromatic carbocycles. The minimum absolute atomic E-state index is 0.461. The van der Waals surface area contributed by atoms with Crippen LogP contribution in [0.25, 0.3) is 0 Å². The minimum Gasteiger partial charge on any atom is -0.379 e. The number of fused-ring (bicyclic) bond motifs is 3. The summed E-state index contributed by atoms with van der Waals surface area (Å²) >= 11 is 4.54. The van der Waals surface area contributed by atoms with Crippen LogP contribution in [0.4, 0.5) is 0 Å². The number of hydrogen-bond acceptors (Lipinski definition) is 3. The van der Waals surface area contributed by atoms with Crippen LogP contribution in [0.5, 0.6) is 0 Å². The van der Waals surface area contributed by atoms with Crippen molar-refractivity contribution in [3.8, 4) is 0 Å². The Morgan fingerprint density at radius 1 is 1.46 bits per heavy atom. The molecule has 0 bridgehead atoms. The van der Waals surface area contributed by atoms with Crippen LogP contribution < -0.4 is 0 Å². The van der Waals surface area contributed by atoms with Gasteiger partial charge in [-0.25, -0.2) is 0 Å². The van der Waals surface area contributed by atoms with Gasteiger partial charge in [0, 0.05) is 23.3 Å². The van der Waals surface area contributed by atoms with Crippen LogP contribution in [-0.4, -0.2) is 42.0 Å². The van der Waals surface area contributed by atoms with Gasteiger partial charge >= 0.3 is 0 Å². The van der Waals surface area contributed by atoms with Gasteiger partial charge in [-0.3, -0.25) is 4.90 Å². The molecule has 3 aliphatic rings. The third-order valence-corrected chi connectivity index (χ3v) is 4.74. The highest BCUT2D eigenvalue weighted by Gasteiger charge is 2.54. The molecule has 2 nitrogen and oxygen atoms in total. The first kappa shape index (κ1) is 8.57. The average Bonchev–Trinajstić information content (AvgIpc) is 2.72. The van der Waals surface area contributed by atoms with E-state index in [0.717, 1.165) is 30.9 Å². The third-order valence-electron chi connectivity index (χ3n) is 4.15. The molecule has 0 N–H and O–H groups in total. The molecule has 0 unspecified atom stereocenters. The minimum atomic E-state index is 0.461. The first-order chi connectivity index (χ1) is 6.36. The number of hydrogen-bond donors (Lipinski definition) is 1. The predicted molar refractivity (Wildman–Crippen MR) is 55.2 cm³/mol. The van der Waals surface area contributed by atoms with Crippen molar-refractivity contribution < 1.29 is 4.74 Å². The normalized spacial score (nSPS) is 49.6. The smallest absolute Gasteiger partial charge is 0.0625 e. The van der Waals surface area contributed by atoms with E-state index in [-0.39, 0.29) is 0 Å². The zero-order chi connectivity index (χ0) is 8.89. The van der Waals surface area contributed by atoms with Gasteiger partial charge in [-0.1, -0.05) is 0 Å². The van der Waals surface area contributed by atoms with Gasteiger partial charge in [-0.15, -0.1) is 0 Å². The van der Waals surface area contributed by atoms with Gasteiger partial charge in [-0.05, 0) is 25.8 Å². The highest BCUT2D eigenvalue weighted by molar-refractivity contribution is 7.80. The topological polar surface area (TPSA) is 12.5 Å². The predicted octanol–water partition coefficient (Wildman–Crippen LogP) is 1.17. The van der Waals surface area contributed by atoms with E-state index in [4.69, 9.17) is 4.74 Å². The molecule has 0 radical (unpaired) electrons. The molecule has 3 saturated heterocycles. The van der Waals surface area contributed by atoms with Gasteiger partial charge in [0.15, 0.2) is 0 Å². The van der Waals surface area contributed by atoms with E-state index in [1.54, 1.807) is 0 Å². The average molecular weight is 199 g/mol. The summed E-state index contributed by atoms with van der Waals surface area (Å²) in [6.07, 6.45) is 4.06. The largest absolute Gasteiger partial charge is 0.379 e. The van der Waals surface area contributed by atoms with Crippen molar-refractivity contribution in [2.45, 2.75) is 30.8 Å². The maximum absolute atomic E-state index is 5.54. The summed E-state index contributed by atoms with van der Waals surface area (Å²) in [7, 11) is 0. The van der Waals surface area contributed by atoms with E-state index in [0.29, 0.717) is 5.54 Å². The Kier molecular flexibility index (Phi) is 1.90. The first-order valence-corrected chi connectivity index (χ1v) is 5.94. The van der Waals surface area contributed by atoms with Crippen molar-refractivity contribution in [2.75, 3.05) is 25.5 Å². The summed E-state index contributed by atoms with van der Waals surface area (Å²) in [5, 5.41) is 0. The number of thiol groups is 1. The van der Waals surface area contributed by atoms with Gasteiger partial charge in [0.2, 0.25) is 0 Å². The molecule has 3 heterocycles. The van der Waals surface area contributed by atoms with Gasteiger partial charge in [0.1, 0.15) is 0 Å². The van der Waals surface area contributed by atoms with Crippen LogP contribution in [0.1, 0.15) is 19.3 Å². The molecule has 0 saturated carbocycles. The summed E-state index contributed by atoms with van der Waals surface area (Å²) < 4.78 is 5.54. The SMILES string of the molecule is SC[C@@]12CCCN1[C@H]1COC[C@H]1C2. The van der Waals surface area contributed by atoms with Gasteiger partial charge in [-0.2, -0.15) is 12.6 Å². The van der Waals surface area contributed by atoms with E-state index < -0.39 is 0 Å².